The van der Waals surface area contributed by atoms with Crippen molar-refractivity contribution >= 4 is 33.3 Å². The monoisotopic (exact) mass is 343 g/mol. The Morgan fingerprint density at radius 1 is 1.23 bits per heavy atom. The van der Waals surface area contributed by atoms with E-state index in [2.05, 4.69) is 4.72 Å². The summed E-state index contributed by atoms with van der Waals surface area (Å²) in [5.41, 5.74) is 0.318. The van der Waals surface area contributed by atoms with Crippen LogP contribution in [0.4, 0.5) is 10.1 Å². The summed E-state index contributed by atoms with van der Waals surface area (Å²) >= 11 is 5.77. The van der Waals surface area contributed by atoms with Crippen LogP contribution < -0.4 is 4.72 Å². The largest absolute Gasteiger partial charge is 0.478 e. The van der Waals surface area contributed by atoms with E-state index in [1.165, 1.54) is 12.1 Å². The number of rotatable bonds is 4. The number of carbonyl (C=O) groups is 1. The average molecular weight is 344 g/mol. The zero-order chi connectivity index (χ0) is 16.5. The number of hydrogen-bond acceptors (Lipinski definition) is 3. The lowest BCUT2D eigenvalue weighted by molar-refractivity contribution is 0.0698. The maximum absolute atomic E-state index is 13.2. The van der Waals surface area contributed by atoms with Crippen LogP contribution in [0.5, 0.6) is 0 Å². The third kappa shape index (κ3) is 3.37. The molecular weight excluding hydrogens is 333 g/mol. The van der Waals surface area contributed by atoms with Gasteiger partial charge in [0.25, 0.3) is 10.0 Å². The lowest BCUT2D eigenvalue weighted by atomic mass is 10.1. The Bertz CT molecular complexity index is 852. The number of sulfonamides is 1. The lowest BCUT2D eigenvalue weighted by Gasteiger charge is -2.12. The SMILES string of the molecule is Cc1ccc(NS(=O)(=O)c2cc(F)ccc2Cl)c(C(=O)O)c1. The van der Waals surface area contributed by atoms with Crippen LogP contribution in [0.2, 0.25) is 5.02 Å². The van der Waals surface area contributed by atoms with Gasteiger partial charge in [-0.1, -0.05) is 23.2 Å². The van der Waals surface area contributed by atoms with Crippen LogP contribution in [0.1, 0.15) is 15.9 Å². The quantitative estimate of drug-likeness (QED) is 0.892. The Kier molecular flexibility index (Phi) is 4.39. The summed E-state index contributed by atoms with van der Waals surface area (Å²) in [5.74, 6) is -2.06. The molecule has 0 saturated heterocycles. The minimum atomic E-state index is -4.22. The molecule has 0 aliphatic carbocycles. The standard InChI is InChI=1S/C14H11ClFNO4S/c1-8-2-5-12(10(6-8)14(18)19)17-22(20,21)13-7-9(16)3-4-11(13)15/h2-7,17H,1H3,(H,18,19). The molecule has 5 nitrogen and oxygen atoms in total. The first-order valence-electron chi connectivity index (χ1n) is 6.02. The van der Waals surface area contributed by atoms with Crippen molar-refractivity contribution in [1.82, 2.24) is 0 Å². The number of carboxylic acids is 1. The minimum absolute atomic E-state index is 0.126. The highest BCUT2D eigenvalue weighted by Crippen LogP contribution is 2.26. The number of anilines is 1. The van der Waals surface area contributed by atoms with Gasteiger partial charge in [0.1, 0.15) is 10.7 Å². The zero-order valence-corrected chi connectivity index (χ0v) is 12.9. The summed E-state index contributed by atoms with van der Waals surface area (Å²) in [6, 6.07) is 7.10. The molecule has 0 radical (unpaired) electrons. The van der Waals surface area contributed by atoms with Gasteiger partial charge in [-0.25, -0.2) is 17.6 Å². The summed E-state index contributed by atoms with van der Waals surface area (Å²) in [4.78, 5) is 10.7. The molecule has 0 fully saturated rings. The Hall–Kier alpha value is -2.12. The van der Waals surface area contributed by atoms with Crippen LogP contribution in [-0.4, -0.2) is 19.5 Å². The summed E-state index contributed by atoms with van der Waals surface area (Å²) in [6.45, 7) is 1.67. The fourth-order valence-corrected chi connectivity index (χ4v) is 3.40. The van der Waals surface area contributed by atoms with Crippen LogP contribution in [0.15, 0.2) is 41.3 Å². The average Bonchev–Trinajstić information content (AvgIpc) is 2.43. The number of nitrogens with one attached hydrogen (secondary N) is 1. The molecule has 116 valence electrons. The predicted molar refractivity (Wildman–Crippen MR) is 80.4 cm³/mol. The van der Waals surface area contributed by atoms with Gasteiger partial charge in [0.05, 0.1) is 16.3 Å². The van der Waals surface area contributed by atoms with E-state index in [-0.39, 0.29) is 16.3 Å². The Morgan fingerprint density at radius 3 is 2.55 bits per heavy atom. The summed E-state index contributed by atoms with van der Waals surface area (Å²) in [6.07, 6.45) is 0. The third-order valence-electron chi connectivity index (χ3n) is 2.83. The number of aryl methyl sites for hydroxylation is 1. The molecule has 2 aromatic rings. The van der Waals surface area contributed by atoms with Crippen molar-refractivity contribution in [2.75, 3.05) is 4.72 Å². The topological polar surface area (TPSA) is 83.5 Å². The second-order valence-corrected chi connectivity index (χ2v) is 6.59. The van der Waals surface area contributed by atoms with Crippen molar-refractivity contribution in [3.63, 3.8) is 0 Å². The molecule has 2 N–H and O–H groups in total. The molecule has 0 atom stereocenters. The number of halogens is 2. The number of hydrogen-bond donors (Lipinski definition) is 2. The molecule has 0 bridgehead atoms. The predicted octanol–water partition coefficient (Wildman–Crippen LogP) is 3.29. The highest BCUT2D eigenvalue weighted by Gasteiger charge is 2.21. The normalized spacial score (nSPS) is 11.2. The van der Waals surface area contributed by atoms with E-state index in [9.17, 15) is 17.6 Å². The van der Waals surface area contributed by atoms with Crippen molar-refractivity contribution in [2.45, 2.75) is 11.8 Å². The van der Waals surface area contributed by atoms with Gasteiger partial charge in [0.15, 0.2) is 0 Å². The van der Waals surface area contributed by atoms with Crippen LogP contribution >= 0.6 is 11.6 Å². The van der Waals surface area contributed by atoms with Crippen molar-refractivity contribution < 1.29 is 22.7 Å². The molecule has 2 rings (SSSR count). The van der Waals surface area contributed by atoms with E-state index < -0.39 is 26.7 Å². The smallest absolute Gasteiger partial charge is 0.337 e. The summed E-state index contributed by atoms with van der Waals surface area (Å²) in [7, 11) is -4.22. The Labute approximate surface area is 131 Å². The molecule has 0 saturated carbocycles. The lowest BCUT2D eigenvalue weighted by Crippen LogP contribution is -2.16. The van der Waals surface area contributed by atoms with Gasteiger partial charge in [-0.2, -0.15) is 0 Å². The summed E-state index contributed by atoms with van der Waals surface area (Å²) < 4.78 is 39.9. The molecule has 0 aliphatic rings. The second-order valence-electron chi connectivity index (χ2n) is 4.53. The number of benzene rings is 2. The van der Waals surface area contributed by atoms with Crippen LogP contribution in [0.3, 0.4) is 0 Å². The van der Waals surface area contributed by atoms with E-state index in [1.54, 1.807) is 13.0 Å². The molecule has 0 heterocycles. The van der Waals surface area contributed by atoms with E-state index >= 15 is 0 Å². The molecule has 22 heavy (non-hydrogen) atoms. The first-order valence-corrected chi connectivity index (χ1v) is 7.88. The highest BCUT2D eigenvalue weighted by molar-refractivity contribution is 7.92. The van der Waals surface area contributed by atoms with Crippen LogP contribution in [0.25, 0.3) is 0 Å². The zero-order valence-electron chi connectivity index (χ0n) is 11.3. The van der Waals surface area contributed by atoms with Gasteiger partial charge < -0.3 is 5.11 Å². The first-order chi connectivity index (χ1) is 10.2. The molecule has 2 aromatic carbocycles. The Morgan fingerprint density at radius 2 is 1.91 bits per heavy atom. The maximum atomic E-state index is 13.2. The van der Waals surface area contributed by atoms with Gasteiger partial charge in [0, 0.05) is 0 Å². The van der Waals surface area contributed by atoms with E-state index in [0.29, 0.717) is 5.56 Å². The van der Waals surface area contributed by atoms with Crippen molar-refractivity contribution in [2.24, 2.45) is 0 Å². The molecular formula is C14H11ClFNO4S. The number of carboxylic acid groups (broad SMARTS) is 1. The van der Waals surface area contributed by atoms with Crippen molar-refractivity contribution in [3.8, 4) is 0 Å². The third-order valence-corrected chi connectivity index (χ3v) is 4.68. The fraction of sp³-hybridized carbons (Fsp3) is 0.0714. The van der Waals surface area contributed by atoms with E-state index in [1.807, 2.05) is 0 Å². The van der Waals surface area contributed by atoms with Crippen molar-refractivity contribution in [3.05, 3.63) is 58.4 Å². The van der Waals surface area contributed by atoms with Gasteiger partial charge in [-0.3, -0.25) is 4.72 Å². The Balaban J connectivity index is 2.50. The van der Waals surface area contributed by atoms with E-state index in [0.717, 1.165) is 18.2 Å². The molecule has 0 amide bonds. The molecule has 0 aliphatic heterocycles. The first kappa shape index (κ1) is 16.3. The van der Waals surface area contributed by atoms with Gasteiger partial charge in [0.2, 0.25) is 0 Å². The van der Waals surface area contributed by atoms with Gasteiger partial charge >= 0.3 is 5.97 Å². The molecule has 0 aromatic heterocycles. The molecule has 8 heteroatoms. The second kappa shape index (κ2) is 5.94. The van der Waals surface area contributed by atoms with Gasteiger partial charge in [-0.15, -0.1) is 0 Å². The van der Waals surface area contributed by atoms with E-state index in [4.69, 9.17) is 16.7 Å². The maximum Gasteiger partial charge on any atom is 0.337 e. The van der Waals surface area contributed by atoms with Crippen molar-refractivity contribution in [1.29, 1.82) is 0 Å². The van der Waals surface area contributed by atoms with Gasteiger partial charge in [-0.05, 0) is 37.3 Å². The highest BCUT2D eigenvalue weighted by atomic mass is 35.5. The fourth-order valence-electron chi connectivity index (χ4n) is 1.81. The summed E-state index contributed by atoms with van der Waals surface area (Å²) in [5, 5.41) is 8.97. The van der Waals surface area contributed by atoms with Crippen LogP contribution in [0, 0.1) is 12.7 Å². The van der Waals surface area contributed by atoms with Crippen LogP contribution in [-0.2, 0) is 10.0 Å². The number of aromatic carboxylic acids is 1. The molecule has 0 unspecified atom stereocenters. The minimum Gasteiger partial charge on any atom is -0.478 e. The molecule has 0 spiro atoms.